The lowest BCUT2D eigenvalue weighted by Gasteiger charge is -2.39. The highest BCUT2D eigenvalue weighted by Crippen LogP contribution is 2.36. The predicted molar refractivity (Wildman–Crippen MR) is 92.0 cm³/mol. The van der Waals surface area contributed by atoms with Crippen LogP contribution in [0.3, 0.4) is 0 Å². The first-order chi connectivity index (χ1) is 11.5. The second-order valence-electron chi connectivity index (χ2n) is 6.77. The van der Waals surface area contributed by atoms with Crippen LogP contribution in [0.4, 0.5) is 0 Å². The van der Waals surface area contributed by atoms with Crippen LogP contribution in [-0.2, 0) is 14.8 Å². The van der Waals surface area contributed by atoms with E-state index in [4.69, 9.17) is 0 Å². The molecule has 0 radical (unpaired) electrons. The van der Waals surface area contributed by atoms with Crippen molar-refractivity contribution in [2.75, 3.05) is 32.7 Å². The van der Waals surface area contributed by atoms with E-state index < -0.39 is 10.0 Å². The van der Waals surface area contributed by atoms with E-state index in [1.54, 1.807) is 30.3 Å². The molecule has 1 spiro atoms. The van der Waals surface area contributed by atoms with Gasteiger partial charge in [0.25, 0.3) is 0 Å². The zero-order valence-corrected chi connectivity index (χ0v) is 14.6. The van der Waals surface area contributed by atoms with E-state index in [9.17, 15) is 13.2 Å². The molecule has 2 fully saturated rings. The fourth-order valence-electron chi connectivity index (χ4n) is 3.59. The average molecular weight is 351 g/mol. The molecule has 132 valence electrons. The van der Waals surface area contributed by atoms with Gasteiger partial charge in [0.15, 0.2) is 0 Å². The van der Waals surface area contributed by atoms with Gasteiger partial charge in [-0.3, -0.25) is 4.79 Å². The van der Waals surface area contributed by atoms with Gasteiger partial charge < -0.3 is 10.2 Å². The van der Waals surface area contributed by atoms with Gasteiger partial charge in [-0.2, -0.15) is 0 Å². The lowest BCUT2D eigenvalue weighted by Crippen LogP contribution is -2.44. The molecule has 2 N–H and O–H groups in total. The first kappa shape index (κ1) is 17.4. The molecule has 0 saturated carbocycles. The second-order valence-corrected chi connectivity index (χ2v) is 8.54. The molecule has 0 atom stereocenters. The van der Waals surface area contributed by atoms with Gasteiger partial charge >= 0.3 is 0 Å². The van der Waals surface area contributed by atoms with E-state index in [1.807, 2.05) is 4.90 Å². The summed E-state index contributed by atoms with van der Waals surface area (Å²) in [6.45, 7) is 3.85. The Morgan fingerprint density at radius 2 is 1.88 bits per heavy atom. The number of nitrogens with zero attached hydrogens (tertiary/aromatic N) is 1. The van der Waals surface area contributed by atoms with Crippen molar-refractivity contribution in [3.05, 3.63) is 30.3 Å². The Morgan fingerprint density at radius 1 is 1.17 bits per heavy atom. The minimum absolute atomic E-state index is 0.0339. The molecule has 1 aromatic rings. The van der Waals surface area contributed by atoms with Crippen LogP contribution >= 0.6 is 0 Å². The molecule has 0 aromatic heterocycles. The van der Waals surface area contributed by atoms with Crippen LogP contribution in [0.25, 0.3) is 0 Å². The van der Waals surface area contributed by atoms with Crippen LogP contribution in [0, 0.1) is 5.41 Å². The summed E-state index contributed by atoms with van der Waals surface area (Å²) in [5.41, 5.74) is 0.381. The zero-order valence-electron chi connectivity index (χ0n) is 13.8. The minimum Gasteiger partial charge on any atom is -0.343 e. The Kier molecular flexibility index (Phi) is 5.22. The summed E-state index contributed by atoms with van der Waals surface area (Å²) in [7, 11) is -3.53. The van der Waals surface area contributed by atoms with E-state index in [-0.39, 0.29) is 23.8 Å². The highest BCUT2D eigenvalue weighted by atomic mass is 32.2. The van der Waals surface area contributed by atoms with E-state index in [0.717, 1.165) is 39.0 Å². The third kappa shape index (κ3) is 3.96. The standard InChI is InChI=1S/C17H25N3O3S/c21-16(20-12-8-17(9-13-20)7-11-18-14-17)6-10-19-24(22,23)15-4-2-1-3-5-15/h1-5,18-19H,6-14H2. The van der Waals surface area contributed by atoms with Crippen LogP contribution in [0.15, 0.2) is 35.2 Å². The number of sulfonamides is 1. The van der Waals surface area contributed by atoms with Crippen molar-refractivity contribution in [1.29, 1.82) is 0 Å². The molecule has 7 heteroatoms. The number of nitrogens with one attached hydrogen (secondary N) is 2. The summed E-state index contributed by atoms with van der Waals surface area (Å²) in [6, 6.07) is 8.22. The molecule has 1 aromatic carbocycles. The summed E-state index contributed by atoms with van der Waals surface area (Å²) < 4.78 is 26.7. The maximum atomic E-state index is 12.3. The zero-order chi connectivity index (χ0) is 17.0. The van der Waals surface area contributed by atoms with Gasteiger partial charge in [0.05, 0.1) is 4.90 Å². The Bertz CT molecular complexity index is 660. The SMILES string of the molecule is O=C(CCNS(=O)(=O)c1ccccc1)N1CCC2(CCNC2)CC1. The third-order valence-electron chi connectivity index (χ3n) is 5.19. The number of carbonyl (C=O) groups is 1. The molecule has 6 nitrogen and oxygen atoms in total. The number of likely N-dealkylation sites (tertiary alicyclic amines) is 1. The normalized spacial score (nSPS) is 20.4. The lowest BCUT2D eigenvalue weighted by atomic mass is 9.78. The summed E-state index contributed by atoms with van der Waals surface area (Å²) in [4.78, 5) is 14.4. The Labute approximate surface area is 143 Å². The Hall–Kier alpha value is -1.44. The molecule has 2 aliphatic rings. The second kappa shape index (κ2) is 7.21. The summed E-state index contributed by atoms with van der Waals surface area (Å²) >= 11 is 0. The summed E-state index contributed by atoms with van der Waals surface area (Å²) in [6.07, 6.45) is 3.49. The predicted octanol–water partition coefficient (Wildman–Crippen LogP) is 0.957. The van der Waals surface area contributed by atoms with Gasteiger partial charge in [0, 0.05) is 32.6 Å². The molecule has 2 saturated heterocycles. The van der Waals surface area contributed by atoms with Crippen molar-refractivity contribution in [3.8, 4) is 0 Å². The van der Waals surface area contributed by atoms with Gasteiger partial charge in [0.2, 0.25) is 15.9 Å². The molecule has 0 bridgehead atoms. The number of amides is 1. The van der Waals surface area contributed by atoms with E-state index >= 15 is 0 Å². The van der Waals surface area contributed by atoms with Crippen LogP contribution in [0.5, 0.6) is 0 Å². The average Bonchev–Trinajstić information content (AvgIpc) is 3.04. The molecular formula is C17H25N3O3S. The van der Waals surface area contributed by atoms with E-state index in [0.29, 0.717) is 5.41 Å². The molecular weight excluding hydrogens is 326 g/mol. The maximum Gasteiger partial charge on any atom is 0.240 e. The van der Waals surface area contributed by atoms with Crippen molar-refractivity contribution < 1.29 is 13.2 Å². The van der Waals surface area contributed by atoms with Crippen molar-refractivity contribution in [3.63, 3.8) is 0 Å². The summed E-state index contributed by atoms with van der Waals surface area (Å²) in [5, 5.41) is 3.41. The van der Waals surface area contributed by atoms with Crippen molar-refractivity contribution in [2.24, 2.45) is 5.41 Å². The quantitative estimate of drug-likeness (QED) is 0.828. The number of rotatable bonds is 5. The maximum absolute atomic E-state index is 12.3. The highest BCUT2D eigenvalue weighted by Gasteiger charge is 2.37. The molecule has 2 heterocycles. The van der Waals surface area contributed by atoms with Gasteiger partial charge in [-0.05, 0) is 43.4 Å². The topological polar surface area (TPSA) is 78.5 Å². The lowest BCUT2D eigenvalue weighted by molar-refractivity contribution is -0.133. The number of hydrogen-bond donors (Lipinski definition) is 2. The molecule has 2 aliphatic heterocycles. The largest absolute Gasteiger partial charge is 0.343 e. The number of carbonyl (C=O) groups excluding carboxylic acids is 1. The van der Waals surface area contributed by atoms with E-state index in [1.165, 1.54) is 6.42 Å². The fourth-order valence-corrected chi connectivity index (χ4v) is 4.64. The fraction of sp³-hybridized carbons (Fsp3) is 0.588. The van der Waals surface area contributed by atoms with Crippen molar-refractivity contribution in [1.82, 2.24) is 14.9 Å². The number of piperidine rings is 1. The molecule has 3 rings (SSSR count). The van der Waals surface area contributed by atoms with Crippen LogP contribution in [0.1, 0.15) is 25.7 Å². The monoisotopic (exact) mass is 351 g/mol. The molecule has 0 aliphatic carbocycles. The van der Waals surface area contributed by atoms with Gasteiger partial charge in [-0.15, -0.1) is 0 Å². The number of hydrogen-bond acceptors (Lipinski definition) is 4. The van der Waals surface area contributed by atoms with Crippen LogP contribution in [0.2, 0.25) is 0 Å². The van der Waals surface area contributed by atoms with Crippen molar-refractivity contribution >= 4 is 15.9 Å². The van der Waals surface area contributed by atoms with Crippen LogP contribution < -0.4 is 10.0 Å². The molecule has 24 heavy (non-hydrogen) atoms. The van der Waals surface area contributed by atoms with E-state index in [2.05, 4.69) is 10.0 Å². The Balaban J connectivity index is 1.45. The molecule has 1 amide bonds. The third-order valence-corrected chi connectivity index (χ3v) is 6.67. The summed E-state index contributed by atoms with van der Waals surface area (Å²) in [5.74, 6) is 0.0339. The first-order valence-electron chi connectivity index (χ1n) is 8.54. The smallest absolute Gasteiger partial charge is 0.240 e. The molecule has 0 unspecified atom stereocenters. The Morgan fingerprint density at radius 3 is 2.50 bits per heavy atom. The van der Waals surface area contributed by atoms with Gasteiger partial charge in [0.1, 0.15) is 0 Å². The number of benzene rings is 1. The van der Waals surface area contributed by atoms with Crippen LogP contribution in [-0.4, -0.2) is 51.9 Å². The van der Waals surface area contributed by atoms with Gasteiger partial charge in [-0.25, -0.2) is 13.1 Å². The minimum atomic E-state index is -3.53. The van der Waals surface area contributed by atoms with Crippen molar-refractivity contribution in [2.45, 2.75) is 30.6 Å². The first-order valence-corrected chi connectivity index (χ1v) is 10.0. The van der Waals surface area contributed by atoms with Gasteiger partial charge in [-0.1, -0.05) is 18.2 Å². The highest BCUT2D eigenvalue weighted by molar-refractivity contribution is 7.89.